The highest BCUT2D eigenvalue weighted by Gasteiger charge is 2.14. The van der Waals surface area contributed by atoms with Crippen molar-refractivity contribution in [2.45, 2.75) is 0 Å². The number of benzene rings is 3. The summed E-state index contributed by atoms with van der Waals surface area (Å²) in [7, 11) is 0. The van der Waals surface area contributed by atoms with Crippen molar-refractivity contribution < 1.29 is 9.90 Å². The molecule has 0 spiro atoms. The molecular weight excluding hydrogens is 212 g/mol. The summed E-state index contributed by atoms with van der Waals surface area (Å²) in [5, 5.41) is 14.6. The molecule has 0 unspecified atom stereocenters. The molecule has 0 aliphatic carbocycles. The van der Waals surface area contributed by atoms with Gasteiger partial charge in [0.2, 0.25) is 0 Å². The topological polar surface area (TPSA) is 37.0 Å². The number of carbonyl (C=O) groups excluding carboxylic acids is 1. The largest absolute Gasteiger partial charge is 0.387 e. The Bertz CT molecular complexity index is 675. The van der Waals surface area contributed by atoms with Crippen LogP contribution in [0.3, 0.4) is 0 Å². The normalized spacial score (nSPS) is 10.8. The predicted molar refractivity (Wildman–Crippen MR) is 66.5 cm³/mol. The van der Waals surface area contributed by atoms with Crippen LogP contribution in [0.5, 0.6) is 0 Å². The summed E-state index contributed by atoms with van der Waals surface area (Å²) in [6.45, 7) is 0. The van der Waals surface area contributed by atoms with Crippen molar-refractivity contribution in [2.24, 2.45) is 0 Å². The lowest BCUT2D eigenvalue weighted by molar-refractivity contribution is 0.0578. The summed E-state index contributed by atoms with van der Waals surface area (Å²) in [6.07, 6.45) is 0. The minimum absolute atomic E-state index is 0.277. The third kappa shape index (κ3) is 1.46. The molecule has 2 heteroatoms. The first-order valence-electron chi connectivity index (χ1n) is 5.39. The number of hydrogen-bond acceptors (Lipinski definition) is 1. The zero-order valence-electron chi connectivity index (χ0n) is 9.01. The van der Waals surface area contributed by atoms with Gasteiger partial charge in [-0.2, -0.15) is 0 Å². The predicted octanol–water partition coefficient (Wildman–Crippen LogP) is 3.56. The van der Waals surface area contributed by atoms with Crippen LogP contribution >= 0.6 is 0 Å². The molecular formula is C15H9O2. The number of carbonyl (C=O) groups is 1. The maximum atomic E-state index is 11.3. The van der Waals surface area contributed by atoms with Crippen molar-refractivity contribution in [3.05, 3.63) is 60.2 Å². The van der Waals surface area contributed by atoms with Crippen LogP contribution in [-0.2, 0) is 5.11 Å². The molecule has 2 nitrogen and oxygen atoms in total. The van der Waals surface area contributed by atoms with Crippen LogP contribution in [0.15, 0.2) is 54.6 Å². The van der Waals surface area contributed by atoms with Gasteiger partial charge in [0, 0.05) is 0 Å². The second-order valence-electron chi connectivity index (χ2n) is 3.98. The Morgan fingerprint density at radius 3 is 1.71 bits per heavy atom. The SMILES string of the molecule is [O]C(=O)c1c2ccccc2cc2ccccc12. The van der Waals surface area contributed by atoms with E-state index in [1.165, 1.54) is 0 Å². The molecule has 0 saturated carbocycles. The van der Waals surface area contributed by atoms with E-state index in [9.17, 15) is 9.90 Å². The summed E-state index contributed by atoms with van der Waals surface area (Å²) < 4.78 is 0. The summed E-state index contributed by atoms with van der Waals surface area (Å²) in [5.74, 6) is -1.13. The molecule has 81 valence electrons. The van der Waals surface area contributed by atoms with E-state index >= 15 is 0 Å². The third-order valence-corrected chi connectivity index (χ3v) is 2.98. The van der Waals surface area contributed by atoms with Crippen molar-refractivity contribution in [1.29, 1.82) is 0 Å². The maximum absolute atomic E-state index is 11.3. The summed E-state index contributed by atoms with van der Waals surface area (Å²) in [5.41, 5.74) is 0.277. The Kier molecular flexibility index (Phi) is 2.08. The van der Waals surface area contributed by atoms with Crippen molar-refractivity contribution >= 4 is 27.5 Å². The average Bonchev–Trinajstić information content (AvgIpc) is 2.35. The van der Waals surface area contributed by atoms with Crippen molar-refractivity contribution in [1.82, 2.24) is 0 Å². The lowest BCUT2D eigenvalue weighted by Gasteiger charge is -2.06. The molecule has 0 aliphatic heterocycles. The summed E-state index contributed by atoms with van der Waals surface area (Å²) in [6, 6.07) is 16.9. The molecule has 0 aliphatic rings. The second-order valence-corrected chi connectivity index (χ2v) is 3.98. The number of rotatable bonds is 1. The van der Waals surface area contributed by atoms with E-state index in [0.717, 1.165) is 21.5 Å². The van der Waals surface area contributed by atoms with E-state index in [-0.39, 0.29) is 5.56 Å². The fourth-order valence-electron chi connectivity index (χ4n) is 2.23. The van der Waals surface area contributed by atoms with Gasteiger partial charge in [-0.3, -0.25) is 0 Å². The molecule has 17 heavy (non-hydrogen) atoms. The first kappa shape index (κ1) is 9.85. The molecule has 1 radical (unpaired) electrons. The molecule has 3 aromatic rings. The molecule has 0 N–H and O–H groups in total. The first-order chi connectivity index (χ1) is 8.27. The minimum atomic E-state index is -1.13. The smallest absolute Gasteiger partial charge is 0.241 e. The zero-order valence-corrected chi connectivity index (χ0v) is 9.01. The molecule has 0 amide bonds. The number of fused-ring (bicyclic) bond motifs is 2. The molecule has 0 saturated heterocycles. The zero-order chi connectivity index (χ0) is 11.8. The lowest BCUT2D eigenvalue weighted by Crippen LogP contribution is -1.97. The van der Waals surface area contributed by atoms with Crippen LogP contribution in [0.1, 0.15) is 10.4 Å². The fraction of sp³-hybridized carbons (Fsp3) is 0. The van der Waals surface area contributed by atoms with Gasteiger partial charge in [0.05, 0.1) is 5.56 Å². The van der Waals surface area contributed by atoms with Gasteiger partial charge < -0.3 is 0 Å². The second kappa shape index (κ2) is 3.59. The molecule has 0 aromatic heterocycles. The van der Waals surface area contributed by atoms with E-state index in [2.05, 4.69) is 0 Å². The van der Waals surface area contributed by atoms with E-state index in [1.54, 1.807) is 0 Å². The van der Waals surface area contributed by atoms with Crippen LogP contribution in [0.4, 0.5) is 0 Å². The monoisotopic (exact) mass is 221 g/mol. The molecule has 0 atom stereocenters. The van der Waals surface area contributed by atoms with Gasteiger partial charge in [0.15, 0.2) is 0 Å². The summed E-state index contributed by atoms with van der Waals surface area (Å²) >= 11 is 0. The van der Waals surface area contributed by atoms with Gasteiger partial charge in [0.1, 0.15) is 0 Å². The highest BCUT2D eigenvalue weighted by Crippen LogP contribution is 2.28. The van der Waals surface area contributed by atoms with Gasteiger partial charge in [-0.05, 0) is 27.6 Å². The Morgan fingerprint density at radius 2 is 1.24 bits per heavy atom. The van der Waals surface area contributed by atoms with Crippen LogP contribution in [0.2, 0.25) is 0 Å². The molecule has 0 fully saturated rings. The van der Waals surface area contributed by atoms with Crippen LogP contribution < -0.4 is 0 Å². The van der Waals surface area contributed by atoms with E-state index in [1.807, 2.05) is 54.6 Å². The van der Waals surface area contributed by atoms with Crippen molar-refractivity contribution in [3.8, 4) is 0 Å². The molecule has 0 bridgehead atoms. The van der Waals surface area contributed by atoms with Crippen LogP contribution in [0.25, 0.3) is 21.5 Å². The Morgan fingerprint density at radius 1 is 0.765 bits per heavy atom. The highest BCUT2D eigenvalue weighted by molar-refractivity contribution is 6.15. The number of hydrogen-bond donors (Lipinski definition) is 0. The van der Waals surface area contributed by atoms with E-state index < -0.39 is 5.97 Å². The lowest BCUT2D eigenvalue weighted by atomic mass is 9.97. The van der Waals surface area contributed by atoms with Gasteiger partial charge in [-0.15, -0.1) is 0 Å². The van der Waals surface area contributed by atoms with Crippen LogP contribution in [0, 0.1) is 0 Å². The van der Waals surface area contributed by atoms with Crippen molar-refractivity contribution in [3.63, 3.8) is 0 Å². The standard InChI is InChI=1S/C15H9O2/c16-15(17)14-12-7-3-1-5-10(12)9-11-6-2-4-8-13(11)14/h1-9H. The molecule has 3 aromatic carbocycles. The molecule has 3 rings (SSSR count). The Hall–Kier alpha value is -2.35. The van der Waals surface area contributed by atoms with Crippen LogP contribution in [-0.4, -0.2) is 5.97 Å². The Balaban J connectivity index is 2.61. The van der Waals surface area contributed by atoms with Gasteiger partial charge in [0.25, 0.3) is 0 Å². The summed E-state index contributed by atoms with van der Waals surface area (Å²) in [4.78, 5) is 11.3. The van der Waals surface area contributed by atoms with E-state index in [0.29, 0.717) is 0 Å². The van der Waals surface area contributed by atoms with Gasteiger partial charge in [-0.1, -0.05) is 48.5 Å². The van der Waals surface area contributed by atoms with Gasteiger partial charge in [-0.25, -0.2) is 9.90 Å². The average molecular weight is 221 g/mol. The Labute approximate surface area is 98.1 Å². The molecule has 0 heterocycles. The maximum Gasteiger partial charge on any atom is 0.387 e. The quantitative estimate of drug-likeness (QED) is 0.579. The van der Waals surface area contributed by atoms with Crippen molar-refractivity contribution in [2.75, 3.05) is 0 Å². The van der Waals surface area contributed by atoms with Gasteiger partial charge >= 0.3 is 5.97 Å². The highest BCUT2D eigenvalue weighted by atomic mass is 16.4. The fourth-order valence-corrected chi connectivity index (χ4v) is 2.23. The van der Waals surface area contributed by atoms with E-state index in [4.69, 9.17) is 0 Å². The third-order valence-electron chi connectivity index (χ3n) is 2.98. The first-order valence-corrected chi connectivity index (χ1v) is 5.39. The minimum Gasteiger partial charge on any atom is -0.241 e.